The highest BCUT2D eigenvalue weighted by atomic mass is 15.3. The quantitative estimate of drug-likeness (QED) is 0.824. The van der Waals surface area contributed by atoms with Gasteiger partial charge in [-0.15, -0.1) is 0 Å². The van der Waals surface area contributed by atoms with Gasteiger partial charge in [0.15, 0.2) is 5.82 Å². The third-order valence-electron chi connectivity index (χ3n) is 3.26. The number of unbranched alkanes of at least 4 members (excludes halogenated alkanes) is 1. The lowest BCUT2D eigenvalue weighted by atomic mass is 10.1. The molecular weight excluding hydrogens is 236 g/mol. The molecule has 19 heavy (non-hydrogen) atoms. The monoisotopic (exact) mass is 258 g/mol. The van der Waals surface area contributed by atoms with Gasteiger partial charge in [0, 0.05) is 18.4 Å². The van der Waals surface area contributed by atoms with Crippen LogP contribution in [0.2, 0.25) is 0 Å². The SMILES string of the molecule is CCCCC(CC)Nc1ccc(-n2cccn2)nc1. The van der Waals surface area contributed by atoms with Crippen LogP contribution in [0.4, 0.5) is 5.69 Å². The van der Waals surface area contributed by atoms with Gasteiger partial charge in [-0.3, -0.25) is 0 Å². The fourth-order valence-electron chi connectivity index (χ4n) is 2.08. The van der Waals surface area contributed by atoms with Gasteiger partial charge < -0.3 is 5.32 Å². The summed E-state index contributed by atoms with van der Waals surface area (Å²) in [5.74, 6) is 0.845. The third kappa shape index (κ3) is 3.81. The van der Waals surface area contributed by atoms with Crippen molar-refractivity contribution in [1.82, 2.24) is 14.8 Å². The van der Waals surface area contributed by atoms with Gasteiger partial charge >= 0.3 is 0 Å². The first-order valence-electron chi connectivity index (χ1n) is 7.06. The lowest BCUT2D eigenvalue weighted by Gasteiger charge is -2.17. The van der Waals surface area contributed by atoms with Crippen LogP contribution in [0.15, 0.2) is 36.8 Å². The van der Waals surface area contributed by atoms with E-state index in [9.17, 15) is 0 Å². The molecule has 102 valence electrons. The molecule has 1 atom stereocenters. The Bertz CT molecular complexity index is 461. The van der Waals surface area contributed by atoms with Crippen molar-refractivity contribution in [3.05, 3.63) is 36.8 Å². The summed E-state index contributed by atoms with van der Waals surface area (Å²) < 4.78 is 1.76. The smallest absolute Gasteiger partial charge is 0.153 e. The molecule has 1 N–H and O–H groups in total. The molecule has 2 rings (SSSR count). The maximum Gasteiger partial charge on any atom is 0.153 e. The number of hydrogen-bond acceptors (Lipinski definition) is 3. The van der Waals surface area contributed by atoms with Crippen molar-refractivity contribution in [3.8, 4) is 5.82 Å². The Morgan fingerprint density at radius 2 is 2.21 bits per heavy atom. The summed E-state index contributed by atoms with van der Waals surface area (Å²) in [6.45, 7) is 4.45. The Morgan fingerprint density at radius 3 is 2.79 bits per heavy atom. The number of rotatable bonds is 7. The summed E-state index contributed by atoms with van der Waals surface area (Å²) in [7, 11) is 0. The first-order valence-corrected chi connectivity index (χ1v) is 7.06. The molecule has 2 aromatic heterocycles. The van der Waals surface area contributed by atoms with E-state index in [2.05, 4.69) is 35.3 Å². The number of aromatic nitrogens is 3. The molecule has 0 aromatic carbocycles. The standard InChI is InChI=1S/C15H22N4/c1-3-5-7-13(4-2)18-14-8-9-15(16-12-14)19-11-6-10-17-19/h6,8-13,18H,3-5,7H2,1-2H3. The topological polar surface area (TPSA) is 42.7 Å². The van der Waals surface area contributed by atoms with Crippen molar-refractivity contribution in [2.75, 3.05) is 5.32 Å². The molecule has 2 heterocycles. The lowest BCUT2D eigenvalue weighted by molar-refractivity contribution is 0.593. The van der Waals surface area contributed by atoms with Gasteiger partial charge in [0.1, 0.15) is 0 Å². The van der Waals surface area contributed by atoms with Crippen LogP contribution in [-0.4, -0.2) is 20.8 Å². The Balaban J connectivity index is 1.98. The second-order valence-electron chi connectivity index (χ2n) is 4.75. The van der Waals surface area contributed by atoms with Crippen LogP contribution in [0.25, 0.3) is 5.82 Å². The normalized spacial score (nSPS) is 12.3. The van der Waals surface area contributed by atoms with Crippen molar-refractivity contribution in [3.63, 3.8) is 0 Å². The highest BCUT2D eigenvalue weighted by Crippen LogP contribution is 2.14. The number of hydrogen-bond donors (Lipinski definition) is 1. The molecule has 0 amide bonds. The van der Waals surface area contributed by atoms with Crippen LogP contribution in [0.3, 0.4) is 0 Å². The number of pyridine rings is 1. The average molecular weight is 258 g/mol. The van der Waals surface area contributed by atoms with Crippen LogP contribution >= 0.6 is 0 Å². The summed E-state index contributed by atoms with van der Waals surface area (Å²) in [4.78, 5) is 4.43. The van der Waals surface area contributed by atoms with Gasteiger partial charge in [-0.2, -0.15) is 5.10 Å². The van der Waals surface area contributed by atoms with E-state index in [-0.39, 0.29) is 0 Å². The van der Waals surface area contributed by atoms with Crippen molar-refractivity contribution < 1.29 is 0 Å². The van der Waals surface area contributed by atoms with E-state index in [0.717, 1.165) is 17.9 Å². The predicted octanol–water partition coefficient (Wildman–Crippen LogP) is 3.65. The zero-order chi connectivity index (χ0) is 13.5. The zero-order valence-corrected chi connectivity index (χ0v) is 11.7. The summed E-state index contributed by atoms with van der Waals surface area (Å²) in [6.07, 6.45) is 10.4. The number of anilines is 1. The second-order valence-corrected chi connectivity index (χ2v) is 4.75. The highest BCUT2D eigenvalue weighted by Gasteiger charge is 2.06. The van der Waals surface area contributed by atoms with Crippen LogP contribution < -0.4 is 5.32 Å². The van der Waals surface area contributed by atoms with Gasteiger partial charge in [-0.25, -0.2) is 9.67 Å². The summed E-state index contributed by atoms with van der Waals surface area (Å²) in [5.41, 5.74) is 1.08. The Labute approximate surface area is 114 Å². The Kier molecular flexibility index (Phi) is 4.95. The molecule has 0 radical (unpaired) electrons. The Morgan fingerprint density at radius 1 is 1.32 bits per heavy atom. The van der Waals surface area contributed by atoms with Crippen molar-refractivity contribution in [2.24, 2.45) is 0 Å². The molecule has 0 aliphatic rings. The molecule has 0 spiro atoms. The first kappa shape index (κ1) is 13.6. The minimum atomic E-state index is 0.539. The minimum absolute atomic E-state index is 0.539. The van der Waals surface area contributed by atoms with Crippen LogP contribution in [0.1, 0.15) is 39.5 Å². The van der Waals surface area contributed by atoms with E-state index < -0.39 is 0 Å². The fourth-order valence-corrected chi connectivity index (χ4v) is 2.08. The van der Waals surface area contributed by atoms with E-state index >= 15 is 0 Å². The van der Waals surface area contributed by atoms with Gasteiger partial charge in [0.05, 0.1) is 11.9 Å². The van der Waals surface area contributed by atoms with Gasteiger partial charge in [-0.1, -0.05) is 26.7 Å². The molecule has 4 heteroatoms. The molecular formula is C15H22N4. The summed E-state index contributed by atoms with van der Waals surface area (Å²) >= 11 is 0. The minimum Gasteiger partial charge on any atom is -0.381 e. The van der Waals surface area contributed by atoms with Gasteiger partial charge in [0.25, 0.3) is 0 Å². The highest BCUT2D eigenvalue weighted by molar-refractivity contribution is 5.44. The average Bonchev–Trinajstić information content (AvgIpc) is 2.98. The van der Waals surface area contributed by atoms with Crippen LogP contribution in [0, 0.1) is 0 Å². The van der Waals surface area contributed by atoms with E-state index in [1.165, 1.54) is 19.3 Å². The van der Waals surface area contributed by atoms with E-state index in [0.29, 0.717) is 6.04 Å². The second kappa shape index (κ2) is 6.92. The van der Waals surface area contributed by atoms with Crippen molar-refractivity contribution in [2.45, 2.75) is 45.6 Å². The van der Waals surface area contributed by atoms with Crippen LogP contribution in [0.5, 0.6) is 0 Å². The first-order chi connectivity index (χ1) is 9.33. The molecule has 0 saturated heterocycles. The number of nitrogens with one attached hydrogen (secondary N) is 1. The molecule has 0 saturated carbocycles. The Hall–Kier alpha value is -1.84. The largest absolute Gasteiger partial charge is 0.381 e. The van der Waals surface area contributed by atoms with Crippen molar-refractivity contribution in [1.29, 1.82) is 0 Å². The lowest BCUT2D eigenvalue weighted by Crippen LogP contribution is -2.18. The summed E-state index contributed by atoms with van der Waals surface area (Å²) in [5, 5.41) is 7.71. The van der Waals surface area contributed by atoms with Crippen molar-refractivity contribution >= 4 is 5.69 Å². The number of nitrogens with zero attached hydrogens (tertiary/aromatic N) is 3. The predicted molar refractivity (Wildman–Crippen MR) is 78.6 cm³/mol. The molecule has 0 aliphatic heterocycles. The molecule has 4 nitrogen and oxygen atoms in total. The zero-order valence-electron chi connectivity index (χ0n) is 11.7. The van der Waals surface area contributed by atoms with E-state index in [1.54, 1.807) is 10.9 Å². The van der Waals surface area contributed by atoms with Gasteiger partial charge in [0.2, 0.25) is 0 Å². The molecule has 0 fully saturated rings. The maximum absolute atomic E-state index is 4.43. The maximum atomic E-state index is 4.43. The van der Waals surface area contributed by atoms with Gasteiger partial charge in [-0.05, 0) is 31.0 Å². The molecule has 0 aliphatic carbocycles. The van der Waals surface area contributed by atoms with Crippen LogP contribution in [-0.2, 0) is 0 Å². The summed E-state index contributed by atoms with van der Waals surface area (Å²) in [6, 6.07) is 6.49. The molecule has 0 bridgehead atoms. The fraction of sp³-hybridized carbons (Fsp3) is 0.467. The third-order valence-corrected chi connectivity index (χ3v) is 3.26. The molecule has 1 unspecified atom stereocenters. The van der Waals surface area contributed by atoms with E-state index in [1.807, 2.05) is 24.5 Å². The van der Waals surface area contributed by atoms with E-state index in [4.69, 9.17) is 0 Å². The molecule has 2 aromatic rings.